The average Bonchev–Trinajstić information content (AvgIpc) is 2.89. The maximum atomic E-state index is 5.94. The molecule has 0 fully saturated rings. The van der Waals surface area contributed by atoms with Gasteiger partial charge in [-0.2, -0.15) is 0 Å². The predicted molar refractivity (Wildman–Crippen MR) is 100 cm³/mol. The molecule has 0 aliphatic carbocycles. The summed E-state index contributed by atoms with van der Waals surface area (Å²) in [5, 5.41) is 3.11. The van der Waals surface area contributed by atoms with E-state index in [-0.39, 0.29) is 0 Å². The van der Waals surface area contributed by atoms with Gasteiger partial charge in [-0.25, -0.2) is 4.98 Å². The van der Waals surface area contributed by atoms with Gasteiger partial charge in [-0.3, -0.25) is 4.99 Å². The number of imidazole rings is 1. The van der Waals surface area contributed by atoms with Crippen molar-refractivity contribution in [3.05, 3.63) is 59.9 Å². The molecule has 3 aromatic rings. The summed E-state index contributed by atoms with van der Waals surface area (Å²) in [6.07, 6.45) is 0.914. The Balaban J connectivity index is 1.55. The highest BCUT2D eigenvalue weighted by molar-refractivity contribution is 5.92. The van der Waals surface area contributed by atoms with Crippen LogP contribution >= 0.6 is 0 Å². The number of rotatable bonds is 5. The Labute approximate surface area is 142 Å². The van der Waals surface area contributed by atoms with Crippen molar-refractivity contribution >= 4 is 22.7 Å². The summed E-state index contributed by atoms with van der Waals surface area (Å²) in [5.41, 5.74) is 10.3. The van der Waals surface area contributed by atoms with Crippen molar-refractivity contribution in [1.82, 2.24) is 9.55 Å². The van der Waals surface area contributed by atoms with Gasteiger partial charge in [0.1, 0.15) is 5.82 Å². The maximum Gasteiger partial charge on any atom is 0.193 e. The predicted octanol–water partition coefficient (Wildman–Crippen LogP) is 3.47. The molecule has 0 radical (unpaired) electrons. The Morgan fingerprint density at radius 3 is 2.67 bits per heavy atom. The zero-order chi connectivity index (χ0) is 16.9. The van der Waals surface area contributed by atoms with Crippen molar-refractivity contribution in [1.29, 1.82) is 0 Å². The van der Waals surface area contributed by atoms with E-state index in [2.05, 4.69) is 32.9 Å². The van der Waals surface area contributed by atoms with E-state index >= 15 is 0 Å². The summed E-state index contributed by atoms with van der Waals surface area (Å²) in [6.45, 7) is 5.66. The number of fused-ring (bicyclic) bond motifs is 1. The monoisotopic (exact) mass is 321 g/mol. The summed E-state index contributed by atoms with van der Waals surface area (Å²) in [5.74, 6) is 1.48. The summed E-state index contributed by atoms with van der Waals surface area (Å²) >= 11 is 0. The van der Waals surface area contributed by atoms with Gasteiger partial charge in [0.2, 0.25) is 0 Å². The molecule has 0 atom stereocenters. The Kier molecular flexibility index (Phi) is 4.79. The van der Waals surface area contributed by atoms with E-state index in [1.807, 2.05) is 49.4 Å². The molecule has 0 saturated carbocycles. The van der Waals surface area contributed by atoms with Crippen molar-refractivity contribution in [3.8, 4) is 0 Å². The largest absolute Gasteiger partial charge is 0.370 e. The molecule has 5 nitrogen and oxygen atoms in total. The van der Waals surface area contributed by atoms with Crippen LogP contribution < -0.4 is 11.1 Å². The molecule has 124 valence electrons. The highest BCUT2D eigenvalue weighted by Crippen LogP contribution is 2.15. The van der Waals surface area contributed by atoms with Crippen LogP contribution in [0.4, 0.5) is 5.69 Å². The van der Waals surface area contributed by atoms with Crippen LogP contribution in [0.15, 0.2) is 53.5 Å². The first-order valence-electron chi connectivity index (χ1n) is 8.19. The molecule has 1 aromatic heterocycles. The summed E-state index contributed by atoms with van der Waals surface area (Å²) < 4.78 is 2.23. The standard InChI is InChI=1S/C19H23N5/c1-14-8-10-16(11-9-14)23-19(20)21-12-5-13-24-15(2)22-17-6-3-4-7-18(17)24/h3-4,6-11H,5,12-13H2,1-2H3,(H3,20,21,23). The average molecular weight is 321 g/mol. The lowest BCUT2D eigenvalue weighted by atomic mass is 10.2. The van der Waals surface area contributed by atoms with Crippen molar-refractivity contribution < 1.29 is 0 Å². The first-order valence-corrected chi connectivity index (χ1v) is 8.19. The molecule has 3 N–H and O–H groups in total. The van der Waals surface area contributed by atoms with Gasteiger partial charge in [-0.15, -0.1) is 0 Å². The first kappa shape index (κ1) is 16.1. The van der Waals surface area contributed by atoms with Gasteiger partial charge in [-0.05, 0) is 44.5 Å². The number of aryl methyl sites for hydroxylation is 3. The second-order valence-corrected chi connectivity index (χ2v) is 5.91. The number of hydrogen-bond donors (Lipinski definition) is 2. The topological polar surface area (TPSA) is 68.2 Å². The second kappa shape index (κ2) is 7.17. The van der Waals surface area contributed by atoms with Gasteiger partial charge in [0.05, 0.1) is 11.0 Å². The van der Waals surface area contributed by atoms with E-state index in [0.29, 0.717) is 12.5 Å². The lowest BCUT2D eigenvalue weighted by molar-refractivity contribution is 0.649. The van der Waals surface area contributed by atoms with Crippen LogP contribution in [0, 0.1) is 13.8 Å². The molecule has 24 heavy (non-hydrogen) atoms. The molecule has 1 heterocycles. The van der Waals surface area contributed by atoms with Gasteiger partial charge < -0.3 is 15.6 Å². The van der Waals surface area contributed by atoms with E-state index in [1.165, 1.54) is 11.1 Å². The molecular formula is C19H23N5. The molecule has 0 bridgehead atoms. The number of benzene rings is 2. The molecule has 0 amide bonds. The Bertz CT molecular complexity index is 846. The van der Waals surface area contributed by atoms with Crippen molar-refractivity contribution in [2.24, 2.45) is 10.7 Å². The maximum absolute atomic E-state index is 5.94. The van der Waals surface area contributed by atoms with Gasteiger partial charge in [0.15, 0.2) is 5.96 Å². The minimum atomic E-state index is 0.450. The number of aliphatic imine (C=N–C) groups is 1. The Hall–Kier alpha value is -2.82. The normalized spacial score (nSPS) is 11.8. The molecule has 3 rings (SSSR count). The number of nitrogens with zero attached hydrogens (tertiary/aromatic N) is 3. The van der Waals surface area contributed by atoms with Crippen molar-refractivity contribution in [2.45, 2.75) is 26.8 Å². The van der Waals surface area contributed by atoms with Crippen LogP contribution in [-0.2, 0) is 6.54 Å². The molecule has 0 saturated heterocycles. The van der Waals surface area contributed by atoms with Crippen LogP contribution in [0.25, 0.3) is 11.0 Å². The van der Waals surface area contributed by atoms with Crippen LogP contribution in [-0.4, -0.2) is 22.1 Å². The minimum absolute atomic E-state index is 0.450. The SMILES string of the molecule is Cc1ccc(NC(N)=NCCCn2c(C)nc3ccccc32)cc1. The van der Waals surface area contributed by atoms with E-state index in [0.717, 1.165) is 30.0 Å². The van der Waals surface area contributed by atoms with Gasteiger partial charge in [-0.1, -0.05) is 29.8 Å². The van der Waals surface area contributed by atoms with Crippen LogP contribution in [0.2, 0.25) is 0 Å². The summed E-state index contributed by atoms with van der Waals surface area (Å²) in [4.78, 5) is 8.98. The number of anilines is 1. The third kappa shape index (κ3) is 3.74. The first-order chi connectivity index (χ1) is 11.6. The van der Waals surface area contributed by atoms with Gasteiger partial charge in [0.25, 0.3) is 0 Å². The molecule has 0 unspecified atom stereocenters. The Morgan fingerprint density at radius 2 is 1.88 bits per heavy atom. The van der Waals surface area contributed by atoms with E-state index in [4.69, 9.17) is 5.73 Å². The second-order valence-electron chi connectivity index (χ2n) is 5.91. The molecular weight excluding hydrogens is 298 g/mol. The number of para-hydroxylation sites is 2. The van der Waals surface area contributed by atoms with Crippen molar-refractivity contribution in [2.75, 3.05) is 11.9 Å². The molecule has 2 aromatic carbocycles. The highest BCUT2D eigenvalue weighted by Gasteiger charge is 2.05. The minimum Gasteiger partial charge on any atom is -0.370 e. The third-order valence-electron chi connectivity index (χ3n) is 3.99. The molecule has 0 aliphatic rings. The third-order valence-corrected chi connectivity index (χ3v) is 3.99. The lowest BCUT2D eigenvalue weighted by Crippen LogP contribution is -2.23. The zero-order valence-electron chi connectivity index (χ0n) is 14.2. The quantitative estimate of drug-likeness (QED) is 0.429. The van der Waals surface area contributed by atoms with Crippen LogP contribution in [0.1, 0.15) is 17.8 Å². The summed E-state index contributed by atoms with van der Waals surface area (Å²) in [7, 11) is 0. The fourth-order valence-electron chi connectivity index (χ4n) is 2.73. The van der Waals surface area contributed by atoms with Crippen molar-refractivity contribution in [3.63, 3.8) is 0 Å². The molecule has 0 aliphatic heterocycles. The number of nitrogens with two attached hydrogens (primary N) is 1. The lowest BCUT2D eigenvalue weighted by Gasteiger charge is -2.07. The van der Waals surface area contributed by atoms with E-state index in [1.54, 1.807) is 0 Å². The fourth-order valence-corrected chi connectivity index (χ4v) is 2.73. The van der Waals surface area contributed by atoms with E-state index < -0.39 is 0 Å². The molecule has 0 spiro atoms. The summed E-state index contributed by atoms with van der Waals surface area (Å²) in [6, 6.07) is 16.3. The smallest absolute Gasteiger partial charge is 0.193 e. The molecule has 5 heteroatoms. The van der Waals surface area contributed by atoms with Crippen LogP contribution in [0.5, 0.6) is 0 Å². The highest BCUT2D eigenvalue weighted by atomic mass is 15.1. The fraction of sp³-hybridized carbons (Fsp3) is 0.263. The number of nitrogens with one attached hydrogen (secondary N) is 1. The van der Waals surface area contributed by atoms with E-state index in [9.17, 15) is 0 Å². The van der Waals surface area contributed by atoms with Gasteiger partial charge in [0, 0.05) is 18.8 Å². The van der Waals surface area contributed by atoms with Crippen LogP contribution in [0.3, 0.4) is 0 Å². The number of guanidine groups is 1. The number of aromatic nitrogens is 2. The zero-order valence-corrected chi connectivity index (χ0v) is 14.2. The Morgan fingerprint density at radius 1 is 1.12 bits per heavy atom. The van der Waals surface area contributed by atoms with Gasteiger partial charge >= 0.3 is 0 Å². The number of hydrogen-bond acceptors (Lipinski definition) is 2.